The average Bonchev–Trinajstić information content (AvgIpc) is 3.01. The summed E-state index contributed by atoms with van der Waals surface area (Å²) in [5.41, 5.74) is 1.70. The fourth-order valence-electron chi connectivity index (χ4n) is 2.43. The van der Waals surface area contributed by atoms with Crippen LogP contribution in [0.5, 0.6) is 0 Å². The summed E-state index contributed by atoms with van der Waals surface area (Å²) in [6, 6.07) is 14.5. The molecule has 1 fully saturated rings. The molecule has 0 spiro atoms. The standard InChI is InChI=1S/C18H19FN2O2S/c19-16-4-2-1-3-13(16)9-11-20-14-5-7-15(8-6-14)24-21-17-10-12-23-18(17)22/h1-8,17,20-21H,9-12H2. The predicted molar refractivity (Wildman–Crippen MR) is 93.4 cm³/mol. The van der Waals surface area contributed by atoms with E-state index in [1.165, 1.54) is 18.0 Å². The molecule has 6 heteroatoms. The zero-order chi connectivity index (χ0) is 16.8. The van der Waals surface area contributed by atoms with Crippen molar-refractivity contribution in [3.05, 3.63) is 59.9 Å². The molecule has 2 N–H and O–H groups in total. The maximum atomic E-state index is 13.5. The van der Waals surface area contributed by atoms with Gasteiger partial charge < -0.3 is 10.1 Å². The third-order valence-electron chi connectivity index (χ3n) is 3.79. The van der Waals surface area contributed by atoms with Crippen molar-refractivity contribution < 1.29 is 13.9 Å². The largest absolute Gasteiger partial charge is 0.464 e. The molecule has 0 saturated carbocycles. The number of nitrogens with one attached hydrogen (secondary N) is 2. The summed E-state index contributed by atoms with van der Waals surface area (Å²) in [6.45, 7) is 1.15. The van der Waals surface area contributed by atoms with Crippen molar-refractivity contribution >= 4 is 23.6 Å². The Balaban J connectivity index is 1.44. The van der Waals surface area contributed by atoms with Crippen LogP contribution in [0, 0.1) is 5.82 Å². The highest BCUT2D eigenvalue weighted by molar-refractivity contribution is 7.97. The number of esters is 1. The molecule has 1 atom stereocenters. The molecule has 0 aromatic heterocycles. The molecule has 2 aromatic rings. The third kappa shape index (κ3) is 4.49. The van der Waals surface area contributed by atoms with Gasteiger partial charge in [-0.05, 0) is 54.3 Å². The highest BCUT2D eigenvalue weighted by Gasteiger charge is 2.25. The van der Waals surface area contributed by atoms with Crippen LogP contribution >= 0.6 is 11.9 Å². The van der Waals surface area contributed by atoms with Gasteiger partial charge in [0.25, 0.3) is 0 Å². The van der Waals surface area contributed by atoms with Crippen LogP contribution in [0.15, 0.2) is 53.4 Å². The van der Waals surface area contributed by atoms with Gasteiger partial charge in [-0.1, -0.05) is 18.2 Å². The molecule has 1 aliphatic heterocycles. The Labute approximate surface area is 144 Å². The molecule has 126 valence electrons. The second-order valence-electron chi connectivity index (χ2n) is 5.52. The second kappa shape index (κ2) is 8.17. The van der Waals surface area contributed by atoms with Gasteiger partial charge in [0.2, 0.25) is 0 Å². The van der Waals surface area contributed by atoms with E-state index in [2.05, 4.69) is 10.0 Å². The first kappa shape index (κ1) is 16.8. The van der Waals surface area contributed by atoms with Gasteiger partial charge in [0, 0.05) is 23.5 Å². The highest BCUT2D eigenvalue weighted by Crippen LogP contribution is 2.20. The number of cyclic esters (lactones) is 1. The summed E-state index contributed by atoms with van der Waals surface area (Å²) in [5, 5.41) is 3.28. The van der Waals surface area contributed by atoms with E-state index in [4.69, 9.17) is 4.74 Å². The van der Waals surface area contributed by atoms with E-state index in [9.17, 15) is 9.18 Å². The quantitative estimate of drug-likeness (QED) is 0.594. The number of rotatable bonds is 7. The van der Waals surface area contributed by atoms with Crippen LogP contribution < -0.4 is 10.0 Å². The summed E-state index contributed by atoms with van der Waals surface area (Å²) in [6.07, 6.45) is 1.34. The minimum Gasteiger partial charge on any atom is -0.464 e. The zero-order valence-electron chi connectivity index (χ0n) is 13.1. The van der Waals surface area contributed by atoms with Crippen LogP contribution in [-0.2, 0) is 16.0 Å². The second-order valence-corrected chi connectivity index (χ2v) is 6.43. The summed E-state index contributed by atoms with van der Waals surface area (Å²) >= 11 is 1.42. The maximum Gasteiger partial charge on any atom is 0.324 e. The minimum atomic E-state index is -0.228. The van der Waals surface area contributed by atoms with Gasteiger partial charge >= 0.3 is 5.97 Å². The van der Waals surface area contributed by atoms with Crippen LogP contribution in [-0.4, -0.2) is 25.2 Å². The van der Waals surface area contributed by atoms with E-state index in [1.807, 2.05) is 30.3 Å². The monoisotopic (exact) mass is 346 g/mol. The SMILES string of the molecule is O=C1OCCC1NSc1ccc(NCCc2ccccc2F)cc1. The van der Waals surface area contributed by atoms with Gasteiger partial charge in [-0.3, -0.25) is 4.79 Å². The van der Waals surface area contributed by atoms with Crippen molar-refractivity contribution in [1.82, 2.24) is 4.72 Å². The fourth-order valence-corrected chi connectivity index (χ4v) is 3.19. The smallest absolute Gasteiger partial charge is 0.324 e. The maximum absolute atomic E-state index is 13.5. The average molecular weight is 346 g/mol. The van der Waals surface area contributed by atoms with E-state index in [-0.39, 0.29) is 17.8 Å². The third-order valence-corrected chi connectivity index (χ3v) is 4.70. The lowest BCUT2D eigenvalue weighted by Crippen LogP contribution is -2.27. The van der Waals surface area contributed by atoms with E-state index < -0.39 is 0 Å². The van der Waals surface area contributed by atoms with Crippen LogP contribution in [0.4, 0.5) is 10.1 Å². The Morgan fingerprint density at radius 2 is 1.96 bits per heavy atom. The molecule has 1 heterocycles. The van der Waals surface area contributed by atoms with Gasteiger partial charge in [0.05, 0.1) is 6.61 Å². The number of halogens is 1. The Kier molecular flexibility index (Phi) is 5.72. The van der Waals surface area contributed by atoms with Gasteiger partial charge in [0.1, 0.15) is 11.9 Å². The lowest BCUT2D eigenvalue weighted by molar-refractivity contribution is -0.139. The van der Waals surface area contributed by atoms with E-state index in [0.717, 1.165) is 10.6 Å². The first-order chi connectivity index (χ1) is 11.7. The molecule has 0 amide bonds. The molecule has 2 aromatic carbocycles. The number of hydrogen-bond donors (Lipinski definition) is 2. The normalized spacial score (nSPS) is 16.9. The number of benzene rings is 2. The zero-order valence-corrected chi connectivity index (χ0v) is 13.9. The lowest BCUT2D eigenvalue weighted by atomic mass is 10.1. The summed E-state index contributed by atoms with van der Waals surface area (Å²) in [4.78, 5) is 12.4. The molecule has 0 radical (unpaired) electrons. The van der Waals surface area contributed by atoms with Crippen molar-refractivity contribution in [3.63, 3.8) is 0 Å². The van der Waals surface area contributed by atoms with Crippen LogP contribution in [0.2, 0.25) is 0 Å². The van der Waals surface area contributed by atoms with Gasteiger partial charge in [-0.2, -0.15) is 0 Å². The summed E-state index contributed by atoms with van der Waals surface area (Å²) < 4.78 is 21.6. The molecule has 1 aliphatic rings. The number of carbonyl (C=O) groups is 1. The van der Waals surface area contributed by atoms with Crippen molar-refractivity contribution in [3.8, 4) is 0 Å². The Hall–Kier alpha value is -2.05. The van der Waals surface area contributed by atoms with Crippen LogP contribution in [0.3, 0.4) is 0 Å². The molecule has 1 saturated heterocycles. The first-order valence-electron chi connectivity index (χ1n) is 7.89. The molecule has 1 unspecified atom stereocenters. The summed E-state index contributed by atoms with van der Waals surface area (Å²) in [7, 11) is 0. The van der Waals surface area contributed by atoms with E-state index in [0.29, 0.717) is 31.6 Å². The number of ether oxygens (including phenoxy) is 1. The van der Waals surface area contributed by atoms with Crippen molar-refractivity contribution in [2.24, 2.45) is 0 Å². The lowest BCUT2D eigenvalue weighted by Gasteiger charge is -2.10. The van der Waals surface area contributed by atoms with Crippen LogP contribution in [0.25, 0.3) is 0 Å². The molecular weight excluding hydrogens is 327 g/mol. The van der Waals surface area contributed by atoms with Crippen LogP contribution in [0.1, 0.15) is 12.0 Å². The van der Waals surface area contributed by atoms with Crippen molar-refractivity contribution in [2.75, 3.05) is 18.5 Å². The molecule has 4 nitrogen and oxygen atoms in total. The van der Waals surface area contributed by atoms with Crippen molar-refractivity contribution in [2.45, 2.75) is 23.8 Å². The molecule has 24 heavy (non-hydrogen) atoms. The summed E-state index contributed by atoms with van der Waals surface area (Å²) in [5.74, 6) is -0.350. The van der Waals surface area contributed by atoms with E-state index >= 15 is 0 Å². The molecule has 0 bridgehead atoms. The van der Waals surface area contributed by atoms with Gasteiger partial charge in [0.15, 0.2) is 0 Å². The van der Waals surface area contributed by atoms with Gasteiger partial charge in [-0.15, -0.1) is 0 Å². The fraction of sp³-hybridized carbons (Fsp3) is 0.278. The molecular formula is C18H19FN2O2S. The van der Waals surface area contributed by atoms with Gasteiger partial charge in [-0.25, -0.2) is 9.11 Å². The number of anilines is 1. The first-order valence-corrected chi connectivity index (χ1v) is 8.70. The Bertz CT molecular complexity index is 694. The Morgan fingerprint density at radius 3 is 2.67 bits per heavy atom. The van der Waals surface area contributed by atoms with E-state index in [1.54, 1.807) is 12.1 Å². The topological polar surface area (TPSA) is 50.4 Å². The highest BCUT2D eigenvalue weighted by atomic mass is 32.2. The number of hydrogen-bond acceptors (Lipinski definition) is 5. The Morgan fingerprint density at radius 1 is 1.17 bits per heavy atom. The number of carbonyl (C=O) groups excluding carboxylic acids is 1. The molecule has 0 aliphatic carbocycles. The molecule has 3 rings (SSSR count). The minimum absolute atomic E-state index is 0.164. The predicted octanol–water partition coefficient (Wildman–Crippen LogP) is 3.39. The van der Waals surface area contributed by atoms with Crippen molar-refractivity contribution in [1.29, 1.82) is 0 Å².